The molecule has 0 aromatic rings. The Morgan fingerprint density at radius 1 is 0.913 bits per heavy atom. The van der Waals surface area contributed by atoms with Gasteiger partial charge in [-0.1, -0.05) is 41.5 Å². The second kappa shape index (κ2) is 7.67. The van der Waals surface area contributed by atoms with Crippen LogP contribution in [0.1, 0.15) is 41.5 Å². The number of nitrogens with two attached hydrogens (primary N) is 1. The van der Waals surface area contributed by atoms with Gasteiger partial charge in [0.15, 0.2) is 22.6 Å². The van der Waals surface area contributed by atoms with Crippen LogP contribution in [0.5, 0.6) is 0 Å². The van der Waals surface area contributed by atoms with E-state index >= 15 is 0 Å². The topological polar surface area (TPSA) is 80.4 Å². The van der Waals surface area contributed by atoms with Crippen LogP contribution in [0.2, 0.25) is 36.3 Å². The molecule has 5 nitrogen and oxygen atoms in total. The molecule has 0 fully saturated rings. The van der Waals surface area contributed by atoms with Crippen molar-refractivity contribution in [2.24, 2.45) is 5.73 Å². The van der Waals surface area contributed by atoms with Gasteiger partial charge in [-0.05, 0) is 36.3 Å². The van der Waals surface area contributed by atoms with Gasteiger partial charge < -0.3 is 19.9 Å². The molecule has 0 saturated heterocycles. The van der Waals surface area contributed by atoms with Gasteiger partial charge in [0.1, 0.15) is 0 Å². The zero-order valence-corrected chi connectivity index (χ0v) is 18.9. The highest BCUT2D eigenvalue weighted by atomic mass is 28.4. The molecule has 138 valence electrons. The van der Waals surface area contributed by atoms with E-state index in [0.717, 1.165) is 0 Å². The summed E-state index contributed by atoms with van der Waals surface area (Å²) in [6.07, 6.45) is 0. The van der Waals surface area contributed by atoms with Crippen LogP contribution in [0.3, 0.4) is 0 Å². The highest BCUT2D eigenvalue weighted by molar-refractivity contribution is 6.74. The predicted octanol–water partition coefficient (Wildman–Crippen LogP) is 3.88. The molecule has 7 heteroatoms. The summed E-state index contributed by atoms with van der Waals surface area (Å²) in [5.41, 5.74) is 5.53. The summed E-state index contributed by atoms with van der Waals surface area (Å²) in [7, 11) is -3.65. The largest absolute Gasteiger partial charge is 0.415 e. The Kier molecular flexibility index (Phi) is 7.55. The number of hydrogen-bond acceptors (Lipinski definition) is 3. The highest BCUT2D eigenvalue weighted by Gasteiger charge is 2.39. The maximum absolute atomic E-state index is 7.52. The normalized spacial score (nSPS) is 14.2. The van der Waals surface area contributed by atoms with E-state index in [9.17, 15) is 0 Å². The van der Waals surface area contributed by atoms with Gasteiger partial charge in [0.25, 0.3) is 0 Å². The van der Waals surface area contributed by atoms with Crippen LogP contribution in [0.15, 0.2) is 0 Å². The molecule has 4 N–H and O–H groups in total. The molecule has 0 aliphatic carbocycles. The molecule has 0 amide bonds. The first-order valence-electron chi connectivity index (χ1n) is 8.38. The van der Waals surface area contributed by atoms with E-state index in [0.29, 0.717) is 13.2 Å². The zero-order chi connectivity index (χ0) is 18.7. The van der Waals surface area contributed by atoms with E-state index in [2.05, 4.69) is 73.0 Å². The molecule has 0 aromatic carbocycles. The number of nitrogens with one attached hydrogen (secondary N) is 2. The molecular formula is C16H39N3O2Si2. The Labute approximate surface area is 145 Å². The smallest absolute Gasteiger partial charge is 0.192 e. The van der Waals surface area contributed by atoms with Crippen LogP contribution in [0.25, 0.3) is 0 Å². The van der Waals surface area contributed by atoms with Gasteiger partial charge in [-0.25, -0.2) is 0 Å². The molecule has 0 unspecified atom stereocenters. The summed E-state index contributed by atoms with van der Waals surface area (Å²) < 4.78 is 12.5. The Balaban J connectivity index is 4.82. The lowest BCUT2D eigenvalue weighted by atomic mass is 10.2. The SMILES string of the molecule is CC(C)(C)[Si](C)(C)OCC(CO[Si](C)(C)C(C)(C)C)NC(=N)N. The average Bonchev–Trinajstić information content (AvgIpc) is 2.29. The lowest BCUT2D eigenvalue weighted by molar-refractivity contribution is 0.187. The van der Waals surface area contributed by atoms with Gasteiger partial charge in [-0.15, -0.1) is 0 Å². The Morgan fingerprint density at radius 2 is 1.22 bits per heavy atom. The van der Waals surface area contributed by atoms with E-state index in [1.54, 1.807) is 0 Å². The van der Waals surface area contributed by atoms with Crippen LogP contribution in [-0.4, -0.2) is 41.8 Å². The highest BCUT2D eigenvalue weighted by Crippen LogP contribution is 2.37. The van der Waals surface area contributed by atoms with Crippen molar-refractivity contribution in [3.8, 4) is 0 Å². The van der Waals surface area contributed by atoms with E-state index in [1.807, 2.05) is 0 Å². The molecule has 0 aliphatic rings. The van der Waals surface area contributed by atoms with Crippen molar-refractivity contribution >= 4 is 22.6 Å². The third-order valence-corrected chi connectivity index (χ3v) is 14.3. The van der Waals surface area contributed by atoms with Crippen LogP contribution in [0, 0.1) is 5.41 Å². The second-order valence-corrected chi connectivity index (χ2v) is 19.0. The molecule has 0 spiro atoms. The molecule has 0 bridgehead atoms. The zero-order valence-electron chi connectivity index (χ0n) is 16.9. The average molecular weight is 362 g/mol. The minimum absolute atomic E-state index is 0.0346. The van der Waals surface area contributed by atoms with E-state index in [4.69, 9.17) is 20.0 Å². The summed E-state index contributed by atoms with van der Waals surface area (Å²) in [4.78, 5) is 0. The molecule has 0 heterocycles. The molecule has 0 aliphatic heterocycles. The lowest BCUT2D eigenvalue weighted by Gasteiger charge is -2.39. The molecule has 0 rings (SSSR count). The summed E-state index contributed by atoms with van der Waals surface area (Å²) in [6, 6.07) is -0.0873. The minimum Gasteiger partial charge on any atom is -0.415 e. The first-order chi connectivity index (χ1) is 9.99. The monoisotopic (exact) mass is 361 g/mol. The van der Waals surface area contributed by atoms with Crippen molar-refractivity contribution in [3.63, 3.8) is 0 Å². The lowest BCUT2D eigenvalue weighted by Crippen LogP contribution is -2.51. The molecule has 0 aromatic heterocycles. The number of guanidine groups is 1. The fraction of sp³-hybridized carbons (Fsp3) is 0.938. The van der Waals surface area contributed by atoms with Crippen molar-refractivity contribution in [3.05, 3.63) is 0 Å². The third-order valence-electron chi connectivity index (χ3n) is 5.26. The minimum atomic E-state index is -1.83. The van der Waals surface area contributed by atoms with Crippen LogP contribution in [0.4, 0.5) is 0 Å². The standard InChI is InChI=1S/C16H39N3O2Si2/c1-15(2,3)22(7,8)20-11-13(19-14(17)18)12-21-23(9,10)16(4,5)6/h13H,11-12H2,1-10H3,(H4,17,18,19). The Bertz CT molecular complexity index is 369. The van der Waals surface area contributed by atoms with Gasteiger partial charge in [0.05, 0.1) is 19.3 Å². The van der Waals surface area contributed by atoms with Crippen molar-refractivity contribution in [1.29, 1.82) is 5.41 Å². The number of rotatable bonds is 7. The Hall–Kier alpha value is -0.376. The van der Waals surface area contributed by atoms with Gasteiger partial charge in [0, 0.05) is 0 Å². The molecule has 0 atom stereocenters. The first-order valence-corrected chi connectivity index (χ1v) is 14.2. The van der Waals surface area contributed by atoms with Gasteiger partial charge in [-0.2, -0.15) is 0 Å². The van der Waals surface area contributed by atoms with Crippen LogP contribution < -0.4 is 11.1 Å². The van der Waals surface area contributed by atoms with Crippen LogP contribution >= 0.6 is 0 Å². The quantitative estimate of drug-likeness (QED) is 0.365. The first kappa shape index (κ1) is 22.6. The van der Waals surface area contributed by atoms with E-state index in [-0.39, 0.29) is 22.1 Å². The van der Waals surface area contributed by atoms with Gasteiger partial charge >= 0.3 is 0 Å². The van der Waals surface area contributed by atoms with Crippen molar-refractivity contribution < 1.29 is 8.85 Å². The van der Waals surface area contributed by atoms with Crippen LogP contribution in [-0.2, 0) is 8.85 Å². The molecule has 23 heavy (non-hydrogen) atoms. The van der Waals surface area contributed by atoms with Crippen molar-refractivity contribution in [1.82, 2.24) is 5.32 Å². The molecular weight excluding hydrogens is 322 g/mol. The van der Waals surface area contributed by atoms with Crippen molar-refractivity contribution in [2.75, 3.05) is 13.2 Å². The second-order valence-electron chi connectivity index (χ2n) is 9.40. The molecule has 0 radical (unpaired) electrons. The van der Waals surface area contributed by atoms with Gasteiger partial charge in [-0.3, -0.25) is 5.41 Å². The summed E-state index contributed by atoms with van der Waals surface area (Å²) in [5, 5.41) is 10.8. The fourth-order valence-electron chi connectivity index (χ4n) is 1.40. The Morgan fingerprint density at radius 3 is 1.43 bits per heavy atom. The fourth-order valence-corrected chi connectivity index (χ4v) is 3.50. The summed E-state index contributed by atoms with van der Waals surface area (Å²) >= 11 is 0. The third kappa shape index (κ3) is 7.37. The van der Waals surface area contributed by atoms with Crippen molar-refractivity contribution in [2.45, 2.75) is 83.8 Å². The molecule has 0 saturated carbocycles. The van der Waals surface area contributed by atoms with E-state index in [1.165, 1.54) is 0 Å². The predicted molar refractivity (Wildman–Crippen MR) is 105 cm³/mol. The summed E-state index contributed by atoms with van der Waals surface area (Å²) in [5.74, 6) is -0.0346. The maximum Gasteiger partial charge on any atom is 0.192 e. The maximum atomic E-state index is 7.52. The van der Waals surface area contributed by atoms with E-state index < -0.39 is 16.6 Å². The number of hydrogen-bond donors (Lipinski definition) is 3. The van der Waals surface area contributed by atoms with Gasteiger partial charge in [0.2, 0.25) is 0 Å². The summed E-state index contributed by atoms with van der Waals surface area (Å²) in [6.45, 7) is 23.3.